The van der Waals surface area contributed by atoms with Crippen LogP contribution in [0.3, 0.4) is 0 Å². The van der Waals surface area contributed by atoms with Gasteiger partial charge in [-0.25, -0.2) is 0 Å². The fourth-order valence-corrected chi connectivity index (χ4v) is 5.65. The Balaban J connectivity index is -0.000000293. The summed E-state index contributed by atoms with van der Waals surface area (Å²) in [7, 11) is 0. The molecule has 0 bridgehead atoms. The summed E-state index contributed by atoms with van der Waals surface area (Å²) in [4.78, 5) is 19.9. The van der Waals surface area contributed by atoms with Crippen LogP contribution in [0.2, 0.25) is 8.87 Å². The van der Waals surface area contributed by atoms with Gasteiger partial charge in [0.1, 0.15) is 0 Å². The molecule has 2 N–H and O–H groups in total. The van der Waals surface area contributed by atoms with Crippen molar-refractivity contribution in [2.24, 2.45) is 0 Å². The van der Waals surface area contributed by atoms with E-state index in [1.54, 1.807) is 8.87 Å². The minimum absolute atomic E-state index is 0.181. The van der Waals surface area contributed by atoms with Crippen LogP contribution in [0.5, 0.6) is 0 Å². The van der Waals surface area contributed by atoms with Gasteiger partial charge < -0.3 is 10.2 Å². The van der Waals surface area contributed by atoms with E-state index in [2.05, 4.69) is 27.7 Å². The summed E-state index contributed by atoms with van der Waals surface area (Å²) < 4.78 is 3.19. The molecule has 7 heteroatoms. The predicted octanol–water partition coefficient (Wildman–Crippen LogP) is 5.56. The van der Waals surface area contributed by atoms with Gasteiger partial charge in [0.05, 0.1) is 11.5 Å². The number of thioether (sulfide) groups is 2. The molecule has 0 aromatic carbocycles. The predicted molar refractivity (Wildman–Crippen MR) is 116 cm³/mol. The molecule has 0 atom stereocenters. The van der Waals surface area contributed by atoms with Crippen LogP contribution < -0.4 is 0 Å². The fraction of sp³-hybridized carbons (Fsp3) is 0.889. The molecule has 0 saturated heterocycles. The quantitative estimate of drug-likeness (QED) is 0.240. The molecule has 0 amide bonds. The minimum atomic E-state index is -0.712. The van der Waals surface area contributed by atoms with Gasteiger partial charge in [0, 0.05) is 0 Å². The van der Waals surface area contributed by atoms with Crippen LogP contribution in [0, 0.1) is 0 Å². The second-order valence-electron chi connectivity index (χ2n) is 5.35. The van der Waals surface area contributed by atoms with E-state index in [4.69, 9.17) is 10.2 Å². The number of unbranched alkanes of at least 4 members (excludes halogenated alkanes) is 2. The molecule has 0 saturated carbocycles. The summed E-state index contributed by atoms with van der Waals surface area (Å²) >= 11 is 3.15. The van der Waals surface area contributed by atoms with Crippen LogP contribution in [-0.4, -0.2) is 66.3 Å². The van der Waals surface area contributed by atoms with E-state index in [0.29, 0.717) is 0 Å². The Morgan fingerprint density at radius 2 is 1.08 bits per heavy atom. The summed E-state index contributed by atoms with van der Waals surface area (Å²) in [5, 5.41) is 16.4. The monoisotopic (exact) mass is 502 g/mol. The van der Waals surface area contributed by atoms with E-state index in [1.165, 1.54) is 36.4 Å². The Kier molecular flexibility index (Phi) is 35.3. The van der Waals surface area contributed by atoms with Gasteiger partial charge >= 0.3 is 68.6 Å². The normalized spacial score (nSPS) is 9.44. The van der Waals surface area contributed by atoms with E-state index in [1.807, 2.05) is 0 Å². The number of carboxylic acid groups (broad SMARTS) is 2. The van der Waals surface area contributed by atoms with Gasteiger partial charge in [0.15, 0.2) is 0 Å². The van der Waals surface area contributed by atoms with E-state index in [9.17, 15) is 9.59 Å². The summed E-state index contributed by atoms with van der Waals surface area (Å²) in [5.41, 5.74) is 0. The van der Waals surface area contributed by atoms with Gasteiger partial charge in [-0.3, -0.25) is 9.59 Å². The number of hydrogen-bond donors (Lipinski definition) is 2. The van der Waals surface area contributed by atoms with Crippen molar-refractivity contribution >= 4 is 56.6 Å². The summed E-state index contributed by atoms with van der Waals surface area (Å²) in [6.45, 7) is 8.77. The molecule has 0 aromatic rings. The van der Waals surface area contributed by atoms with Gasteiger partial charge in [-0.05, 0) is 24.3 Å². The zero-order valence-electron chi connectivity index (χ0n) is 16.5. The zero-order chi connectivity index (χ0) is 19.8. The van der Waals surface area contributed by atoms with Gasteiger partial charge in [0.25, 0.3) is 0 Å². The summed E-state index contributed by atoms with van der Waals surface area (Å²) in [5.74, 6) is 1.03. The first kappa shape index (κ1) is 30.2. The SMILES string of the molecule is CCCCSCC(=O)O.CCCCSCC(=O)O.CC[CH2][Sn][CH2]CC. The second-order valence-corrected chi connectivity index (χ2v) is 11.8. The van der Waals surface area contributed by atoms with Crippen molar-refractivity contribution in [1.82, 2.24) is 0 Å². The third-order valence-corrected chi connectivity index (χ3v) is 9.52. The third kappa shape index (κ3) is 45.5. The topological polar surface area (TPSA) is 74.6 Å². The standard InChI is InChI=1S/2C6H12O2S.2C3H7.Sn/c2*1-2-3-4-9-5-6(7)8;2*1-3-2;/h2*2-5H2,1H3,(H,7,8);2*1,3H2,2H3;. The van der Waals surface area contributed by atoms with Gasteiger partial charge in [0.2, 0.25) is 0 Å². The van der Waals surface area contributed by atoms with Crippen LogP contribution in [0.25, 0.3) is 0 Å². The Morgan fingerprint density at radius 1 is 0.720 bits per heavy atom. The number of hydrogen-bond acceptors (Lipinski definition) is 4. The molecule has 150 valence electrons. The molecular formula is C18H38O4S2Sn. The molecule has 0 aliphatic heterocycles. The molecule has 0 aliphatic rings. The first-order valence-corrected chi connectivity index (χ1v) is 15.6. The van der Waals surface area contributed by atoms with Crippen LogP contribution in [-0.2, 0) is 9.59 Å². The first-order chi connectivity index (χ1) is 12.0. The number of rotatable bonds is 14. The van der Waals surface area contributed by atoms with E-state index >= 15 is 0 Å². The van der Waals surface area contributed by atoms with Crippen molar-refractivity contribution in [2.75, 3.05) is 23.0 Å². The van der Waals surface area contributed by atoms with Crippen molar-refractivity contribution in [3.8, 4) is 0 Å². The molecule has 0 spiro atoms. The summed E-state index contributed by atoms with van der Waals surface area (Å²) in [6, 6.07) is 0. The average molecular weight is 501 g/mol. The van der Waals surface area contributed by atoms with Crippen molar-refractivity contribution in [3.63, 3.8) is 0 Å². The molecule has 4 nitrogen and oxygen atoms in total. The van der Waals surface area contributed by atoms with Crippen molar-refractivity contribution in [3.05, 3.63) is 0 Å². The van der Waals surface area contributed by atoms with E-state index in [0.717, 1.165) is 37.2 Å². The summed E-state index contributed by atoms with van der Waals surface area (Å²) in [6.07, 6.45) is 7.41. The molecule has 0 heterocycles. The number of carboxylic acids is 2. The molecule has 0 aromatic heterocycles. The number of aliphatic carboxylic acids is 2. The Hall–Kier alpha value is 0.439. The van der Waals surface area contributed by atoms with Gasteiger partial charge in [-0.2, -0.15) is 23.5 Å². The maximum absolute atomic E-state index is 9.94. The molecule has 0 unspecified atom stereocenters. The Morgan fingerprint density at radius 3 is 1.32 bits per heavy atom. The molecule has 2 radical (unpaired) electrons. The first-order valence-electron chi connectivity index (χ1n) is 9.25. The fourth-order valence-electron chi connectivity index (χ4n) is 1.29. The van der Waals surface area contributed by atoms with Crippen LogP contribution in [0.1, 0.15) is 66.2 Å². The molecular weight excluding hydrogens is 463 g/mol. The number of carbonyl (C=O) groups is 2. The third-order valence-electron chi connectivity index (χ3n) is 2.59. The maximum atomic E-state index is 9.94. The molecule has 0 aliphatic carbocycles. The van der Waals surface area contributed by atoms with E-state index < -0.39 is 11.9 Å². The van der Waals surface area contributed by atoms with Crippen molar-refractivity contribution in [1.29, 1.82) is 0 Å². The molecule has 0 rings (SSSR count). The Bertz CT molecular complexity index is 254. The molecule has 25 heavy (non-hydrogen) atoms. The van der Waals surface area contributed by atoms with Gasteiger partial charge in [-0.15, -0.1) is 0 Å². The Labute approximate surface area is 173 Å². The van der Waals surface area contributed by atoms with Crippen molar-refractivity contribution < 1.29 is 19.8 Å². The molecule has 0 fully saturated rings. The zero-order valence-corrected chi connectivity index (χ0v) is 21.0. The van der Waals surface area contributed by atoms with Crippen LogP contribution in [0.4, 0.5) is 0 Å². The van der Waals surface area contributed by atoms with E-state index in [-0.39, 0.29) is 32.6 Å². The second kappa shape index (κ2) is 29.2. The van der Waals surface area contributed by atoms with Crippen molar-refractivity contribution in [2.45, 2.75) is 75.1 Å². The van der Waals surface area contributed by atoms with Crippen LogP contribution >= 0.6 is 23.5 Å². The average Bonchev–Trinajstić information content (AvgIpc) is 2.57. The van der Waals surface area contributed by atoms with Gasteiger partial charge in [-0.1, -0.05) is 26.7 Å². The van der Waals surface area contributed by atoms with Crippen LogP contribution in [0.15, 0.2) is 0 Å².